The summed E-state index contributed by atoms with van der Waals surface area (Å²) in [5.74, 6) is 1.18. The molecule has 0 unspecified atom stereocenters. The van der Waals surface area contributed by atoms with Crippen LogP contribution in [-0.4, -0.2) is 17.6 Å². The summed E-state index contributed by atoms with van der Waals surface area (Å²) in [7, 11) is 0. The number of aromatic hydroxyl groups is 1. The van der Waals surface area contributed by atoms with Crippen LogP contribution >= 0.6 is 11.6 Å². The Labute approximate surface area is 70.4 Å². The number of rotatable bonds is 3. The molecule has 0 saturated carbocycles. The van der Waals surface area contributed by atoms with Crippen molar-refractivity contribution in [2.45, 2.75) is 0 Å². The summed E-state index contributed by atoms with van der Waals surface area (Å²) in [6, 6.07) is 7.35. The van der Waals surface area contributed by atoms with Gasteiger partial charge in [0.15, 0.2) is 0 Å². The average molecular weight is 172 g/mol. The van der Waals surface area contributed by atoms with E-state index in [4.69, 9.17) is 21.4 Å². The second-order valence-corrected chi connectivity index (χ2v) is 2.34. The van der Waals surface area contributed by atoms with Gasteiger partial charge >= 0.3 is 0 Å². The Morgan fingerprint density at radius 3 is 3.00 bits per heavy atom. The van der Waals surface area contributed by atoms with Crippen molar-refractivity contribution < 1.29 is 9.84 Å². The van der Waals surface area contributed by atoms with E-state index in [1.54, 1.807) is 6.07 Å². The minimum atomic E-state index is 0.150. The van der Waals surface area contributed by atoms with Gasteiger partial charge in [0, 0.05) is 6.07 Å². The number of ether oxygens (including phenoxy) is 1. The summed E-state index contributed by atoms with van der Waals surface area (Å²) in [6.07, 6.45) is 0. The van der Waals surface area contributed by atoms with Crippen LogP contribution in [0.5, 0.6) is 11.5 Å². The van der Waals surface area contributed by atoms with E-state index in [0.717, 1.165) is 0 Å². The highest BCUT2D eigenvalue weighted by atomic mass is 35.5. The van der Waals surface area contributed by atoms with Gasteiger partial charge in [-0.1, -0.05) is 0 Å². The minimum Gasteiger partial charge on any atom is -0.508 e. The molecule has 0 atom stereocenters. The first-order chi connectivity index (χ1) is 5.33. The van der Waals surface area contributed by atoms with Gasteiger partial charge in [-0.15, -0.1) is 11.6 Å². The second-order valence-electron chi connectivity index (χ2n) is 1.96. The summed E-state index contributed by atoms with van der Waals surface area (Å²) < 4.78 is 5.11. The molecule has 0 fully saturated rings. The van der Waals surface area contributed by atoms with Crippen molar-refractivity contribution in [2.24, 2.45) is 0 Å². The third-order valence-electron chi connectivity index (χ3n) is 1.09. The van der Waals surface area contributed by atoms with Gasteiger partial charge in [0.2, 0.25) is 0 Å². The lowest BCUT2D eigenvalue weighted by molar-refractivity contribution is 0.340. The lowest BCUT2D eigenvalue weighted by Crippen LogP contribution is -1.97. The molecule has 1 aromatic rings. The zero-order valence-electron chi connectivity index (χ0n) is 5.88. The summed E-state index contributed by atoms with van der Waals surface area (Å²) in [5, 5.41) is 8.97. The van der Waals surface area contributed by atoms with Crippen LogP contribution < -0.4 is 4.74 Å². The Hall–Kier alpha value is -0.890. The van der Waals surface area contributed by atoms with Crippen LogP contribution in [0.15, 0.2) is 18.2 Å². The molecule has 0 bridgehead atoms. The van der Waals surface area contributed by atoms with E-state index in [1.165, 1.54) is 12.1 Å². The lowest BCUT2D eigenvalue weighted by Gasteiger charge is -2.02. The van der Waals surface area contributed by atoms with Crippen LogP contribution in [-0.2, 0) is 0 Å². The van der Waals surface area contributed by atoms with Crippen LogP contribution in [0.4, 0.5) is 0 Å². The van der Waals surface area contributed by atoms with Gasteiger partial charge in [0.05, 0.1) is 5.88 Å². The van der Waals surface area contributed by atoms with Gasteiger partial charge in [0.25, 0.3) is 0 Å². The van der Waals surface area contributed by atoms with Gasteiger partial charge in [0.1, 0.15) is 18.1 Å². The molecule has 3 heteroatoms. The first-order valence-electron chi connectivity index (χ1n) is 3.22. The monoisotopic (exact) mass is 171 g/mol. The predicted octanol–water partition coefficient (Wildman–Crippen LogP) is 1.81. The molecule has 0 spiro atoms. The smallest absolute Gasteiger partial charge is 0.123 e. The largest absolute Gasteiger partial charge is 0.508 e. The van der Waals surface area contributed by atoms with E-state index in [1.807, 2.05) is 0 Å². The van der Waals surface area contributed by atoms with Gasteiger partial charge in [-0.25, -0.2) is 0 Å². The molecule has 0 aliphatic heterocycles. The summed E-state index contributed by atoms with van der Waals surface area (Å²) in [5.41, 5.74) is 0. The van der Waals surface area contributed by atoms with Crippen molar-refractivity contribution in [3.63, 3.8) is 0 Å². The first kappa shape index (κ1) is 8.21. The molecule has 0 aliphatic carbocycles. The van der Waals surface area contributed by atoms with Gasteiger partial charge in [-0.2, -0.15) is 0 Å². The highest BCUT2D eigenvalue weighted by molar-refractivity contribution is 6.17. The molecule has 1 rings (SSSR count). The van der Waals surface area contributed by atoms with Gasteiger partial charge < -0.3 is 9.84 Å². The molecule has 1 N–H and O–H groups in total. The molecule has 1 aromatic carbocycles. The Morgan fingerprint density at radius 2 is 2.36 bits per heavy atom. The number of benzene rings is 1. The minimum absolute atomic E-state index is 0.150. The predicted molar refractivity (Wildman–Crippen MR) is 43.2 cm³/mol. The molecule has 0 aliphatic rings. The summed E-state index contributed by atoms with van der Waals surface area (Å²) >= 11 is 5.39. The molecular weight excluding hydrogens is 164 g/mol. The highest BCUT2D eigenvalue weighted by Crippen LogP contribution is 2.16. The maximum absolute atomic E-state index is 8.97. The van der Waals surface area contributed by atoms with Gasteiger partial charge in [-0.3, -0.25) is 0 Å². The normalized spacial score (nSPS) is 9.55. The molecule has 59 valence electrons. The average Bonchev–Trinajstić information content (AvgIpc) is 2.01. The molecule has 11 heavy (non-hydrogen) atoms. The SMILES string of the molecule is Oc1c[c]cc(OCCCl)c1. The van der Waals surface area contributed by atoms with Crippen molar-refractivity contribution in [3.8, 4) is 11.5 Å². The Balaban J connectivity index is 2.56. The molecule has 0 heterocycles. The Morgan fingerprint density at radius 1 is 1.55 bits per heavy atom. The van der Waals surface area contributed by atoms with E-state index in [-0.39, 0.29) is 5.75 Å². The van der Waals surface area contributed by atoms with Crippen LogP contribution in [0.1, 0.15) is 0 Å². The summed E-state index contributed by atoms with van der Waals surface area (Å²) in [4.78, 5) is 0. The molecule has 0 saturated heterocycles. The zero-order chi connectivity index (χ0) is 8.10. The molecule has 0 aromatic heterocycles. The van der Waals surface area contributed by atoms with Crippen LogP contribution in [0.25, 0.3) is 0 Å². The number of halogens is 1. The van der Waals surface area contributed by atoms with Crippen LogP contribution in [0.3, 0.4) is 0 Å². The van der Waals surface area contributed by atoms with E-state index < -0.39 is 0 Å². The topological polar surface area (TPSA) is 29.5 Å². The van der Waals surface area contributed by atoms with E-state index in [0.29, 0.717) is 18.2 Å². The maximum atomic E-state index is 8.97. The number of phenols is 1. The third kappa shape index (κ3) is 2.68. The van der Waals surface area contributed by atoms with Crippen molar-refractivity contribution in [3.05, 3.63) is 24.3 Å². The fraction of sp³-hybridized carbons (Fsp3) is 0.250. The van der Waals surface area contributed by atoms with E-state index in [9.17, 15) is 0 Å². The molecule has 0 amide bonds. The fourth-order valence-corrected chi connectivity index (χ4v) is 0.755. The number of hydrogen-bond acceptors (Lipinski definition) is 2. The number of phenolic OH excluding ortho intramolecular Hbond substituents is 1. The Kier molecular flexibility index (Phi) is 3.05. The van der Waals surface area contributed by atoms with Crippen LogP contribution in [0, 0.1) is 6.07 Å². The second kappa shape index (κ2) is 4.09. The lowest BCUT2D eigenvalue weighted by atomic mass is 10.3. The third-order valence-corrected chi connectivity index (χ3v) is 1.25. The molecule has 1 radical (unpaired) electrons. The molecular formula is C8H8ClO2. The summed E-state index contributed by atoms with van der Waals surface area (Å²) in [6.45, 7) is 0.443. The number of alkyl halides is 1. The van der Waals surface area contributed by atoms with Crippen molar-refractivity contribution in [1.82, 2.24) is 0 Å². The quantitative estimate of drug-likeness (QED) is 0.703. The fourth-order valence-electron chi connectivity index (χ4n) is 0.678. The van der Waals surface area contributed by atoms with Crippen LogP contribution in [0.2, 0.25) is 0 Å². The van der Waals surface area contributed by atoms with E-state index in [2.05, 4.69) is 6.07 Å². The maximum Gasteiger partial charge on any atom is 0.123 e. The van der Waals surface area contributed by atoms with Crippen molar-refractivity contribution in [2.75, 3.05) is 12.5 Å². The Bertz CT molecular complexity index is 225. The number of hydrogen-bond donors (Lipinski definition) is 1. The van der Waals surface area contributed by atoms with Gasteiger partial charge in [-0.05, 0) is 18.2 Å². The van der Waals surface area contributed by atoms with E-state index >= 15 is 0 Å². The zero-order valence-corrected chi connectivity index (χ0v) is 6.64. The highest BCUT2D eigenvalue weighted by Gasteiger charge is 1.93. The van der Waals surface area contributed by atoms with Crippen molar-refractivity contribution in [1.29, 1.82) is 0 Å². The molecule has 2 nitrogen and oxygen atoms in total. The van der Waals surface area contributed by atoms with Crippen molar-refractivity contribution >= 4 is 11.6 Å². The first-order valence-corrected chi connectivity index (χ1v) is 3.75. The standard InChI is InChI=1S/C8H8ClO2/c9-4-5-11-8-3-1-2-7(10)6-8/h2-3,6,10H,4-5H2.